The second-order valence-electron chi connectivity index (χ2n) is 8.05. The molecule has 2 N–H and O–H groups in total. The van der Waals surface area contributed by atoms with Crippen LogP contribution in [-0.4, -0.2) is 11.9 Å². The van der Waals surface area contributed by atoms with E-state index in [0.29, 0.717) is 17.2 Å². The van der Waals surface area contributed by atoms with E-state index in [2.05, 4.69) is 21.2 Å². The maximum Gasteiger partial charge on any atom is 0.326 e. The largest absolute Gasteiger partial charge is 0.456 e. The average Bonchev–Trinajstić information content (AvgIpc) is 2.82. The van der Waals surface area contributed by atoms with Crippen molar-refractivity contribution in [1.82, 2.24) is 5.32 Å². The lowest BCUT2D eigenvalue weighted by atomic mass is 10.0. The topological polar surface area (TPSA) is 67.4 Å². The number of nitrogens with one attached hydrogen (secondary N) is 2. The van der Waals surface area contributed by atoms with Crippen LogP contribution in [0.15, 0.2) is 83.3 Å². The summed E-state index contributed by atoms with van der Waals surface area (Å²) in [7, 11) is 0. The van der Waals surface area contributed by atoms with Crippen LogP contribution in [-0.2, 0) is 0 Å². The van der Waals surface area contributed by atoms with Gasteiger partial charge in [-0.3, -0.25) is 10.1 Å². The summed E-state index contributed by atoms with van der Waals surface area (Å²) in [4.78, 5) is 24.5. The molecule has 0 aliphatic carbocycles. The molecular formula is C28H21BrF2N2O3. The highest BCUT2D eigenvalue weighted by atomic mass is 79.9. The van der Waals surface area contributed by atoms with Gasteiger partial charge in [0.25, 0.3) is 5.91 Å². The lowest BCUT2D eigenvalue weighted by Crippen LogP contribution is -2.35. The van der Waals surface area contributed by atoms with Crippen LogP contribution in [0.2, 0.25) is 0 Å². The van der Waals surface area contributed by atoms with Gasteiger partial charge < -0.3 is 10.1 Å². The number of anilines is 1. The van der Waals surface area contributed by atoms with Gasteiger partial charge in [-0.05, 0) is 73.0 Å². The zero-order chi connectivity index (χ0) is 25.8. The molecule has 0 aliphatic rings. The van der Waals surface area contributed by atoms with Gasteiger partial charge in [-0.1, -0.05) is 52.3 Å². The molecule has 0 saturated heterocycles. The standard InChI is InChI=1S/C28H21BrF2N2O3/c1-16-13-20(32-28(35)33-27(34)25-22(30)9-6-10-23(25)31)14-17(2)26(16)36-24-12-11-19(29)15-21(24)18-7-4-3-5-8-18/h3-15H,1-2H3,(H2,32,33,34,35). The predicted molar refractivity (Wildman–Crippen MR) is 138 cm³/mol. The number of benzene rings is 4. The number of carbonyl (C=O) groups excluding carboxylic acids is 2. The predicted octanol–water partition coefficient (Wildman–Crippen LogP) is 7.77. The second-order valence-corrected chi connectivity index (χ2v) is 8.97. The Morgan fingerprint density at radius 2 is 1.47 bits per heavy atom. The zero-order valence-electron chi connectivity index (χ0n) is 19.4. The lowest BCUT2D eigenvalue weighted by molar-refractivity contribution is 0.0959. The summed E-state index contributed by atoms with van der Waals surface area (Å²) in [6, 6.07) is 21.0. The number of urea groups is 1. The molecule has 0 bridgehead atoms. The van der Waals surface area contributed by atoms with Gasteiger partial charge >= 0.3 is 6.03 Å². The third kappa shape index (κ3) is 5.60. The van der Waals surface area contributed by atoms with Crippen LogP contribution < -0.4 is 15.4 Å². The van der Waals surface area contributed by atoms with Crippen LogP contribution in [0.3, 0.4) is 0 Å². The SMILES string of the molecule is Cc1cc(NC(=O)NC(=O)c2c(F)cccc2F)cc(C)c1Oc1ccc(Br)cc1-c1ccccc1. The zero-order valence-corrected chi connectivity index (χ0v) is 21.0. The van der Waals surface area contributed by atoms with Crippen LogP contribution in [0.1, 0.15) is 21.5 Å². The molecule has 0 saturated carbocycles. The lowest BCUT2D eigenvalue weighted by Gasteiger charge is -2.17. The minimum absolute atomic E-state index is 0.385. The smallest absolute Gasteiger partial charge is 0.326 e. The van der Waals surface area contributed by atoms with E-state index in [9.17, 15) is 18.4 Å². The molecule has 0 aliphatic heterocycles. The number of halogens is 3. The molecule has 8 heteroatoms. The first-order valence-corrected chi connectivity index (χ1v) is 11.7. The number of ether oxygens (including phenoxy) is 1. The van der Waals surface area contributed by atoms with Gasteiger partial charge in [0.2, 0.25) is 0 Å². The Hall–Kier alpha value is -4.04. The number of imide groups is 1. The van der Waals surface area contributed by atoms with Crippen molar-refractivity contribution in [2.24, 2.45) is 0 Å². The van der Waals surface area contributed by atoms with Crippen LogP contribution in [0, 0.1) is 25.5 Å². The quantitative estimate of drug-likeness (QED) is 0.266. The Bertz CT molecular complexity index is 1420. The minimum Gasteiger partial charge on any atom is -0.456 e. The summed E-state index contributed by atoms with van der Waals surface area (Å²) in [6.45, 7) is 3.65. The second kappa shape index (κ2) is 10.7. The Kier molecular flexibility index (Phi) is 7.45. The Morgan fingerprint density at radius 3 is 2.11 bits per heavy atom. The van der Waals surface area contributed by atoms with E-state index in [1.807, 2.05) is 67.7 Å². The van der Waals surface area contributed by atoms with E-state index in [0.717, 1.165) is 44.9 Å². The van der Waals surface area contributed by atoms with E-state index in [1.165, 1.54) is 0 Å². The summed E-state index contributed by atoms with van der Waals surface area (Å²) >= 11 is 3.51. The average molecular weight is 551 g/mol. The van der Waals surface area contributed by atoms with Crippen LogP contribution in [0.25, 0.3) is 11.1 Å². The number of aryl methyl sites for hydroxylation is 2. The first-order valence-electron chi connectivity index (χ1n) is 10.9. The fourth-order valence-corrected chi connectivity index (χ4v) is 4.13. The van der Waals surface area contributed by atoms with Gasteiger partial charge in [0.1, 0.15) is 28.7 Å². The molecule has 0 spiro atoms. The number of amides is 3. The van der Waals surface area contributed by atoms with Crippen molar-refractivity contribution in [3.63, 3.8) is 0 Å². The Morgan fingerprint density at radius 1 is 0.833 bits per heavy atom. The highest BCUT2D eigenvalue weighted by molar-refractivity contribution is 9.10. The van der Waals surface area contributed by atoms with Crippen LogP contribution in [0.4, 0.5) is 19.3 Å². The number of hydrogen-bond donors (Lipinski definition) is 2. The molecule has 5 nitrogen and oxygen atoms in total. The van der Waals surface area contributed by atoms with E-state index < -0.39 is 29.1 Å². The molecule has 36 heavy (non-hydrogen) atoms. The fraction of sp³-hybridized carbons (Fsp3) is 0.0714. The molecular weight excluding hydrogens is 530 g/mol. The van der Waals surface area contributed by atoms with Crippen molar-refractivity contribution < 1.29 is 23.1 Å². The van der Waals surface area contributed by atoms with Gasteiger partial charge in [0.05, 0.1) is 0 Å². The van der Waals surface area contributed by atoms with Crippen molar-refractivity contribution >= 4 is 33.6 Å². The van der Waals surface area contributed by atoms with Crippen molar-refractivity contribution in [2.75, 3.05) is 5.32 Å². The Labute approximate surface area is 215 Å². The molecule has 0 heterocycles. The molecule has 0 radical (unpaired) electrons. The Balaban J connectivity index is 1.53. The normalized spacial score (nSPS) is 10.6. The van der Waals surface area contributed by atoms with Crippen molar-refractivity contribution in [3.8, 4) is 22.6 Å². The summed E-state index contributed by atoms with van der Waals surface area (Å²) in [5, 5.41) is 4.47. The third-order valence-electron chi connectivity index (χ3n) is 5.37. The number of hydrogen-bond acceptors (Lipinski definition) is 3. The first-order chi connectivity index (χ1) is 17.2. The highest BCUT2D eigenvalue weighted by Crippen LogP contribution is 2.38. The third-order valence-corrected chi connectivity index (χ3v) is 5.87. The number of rotatable bonds is 5. The fourth-order valence-electron chi connectivity index (χ4n) is 3.77. The van der Waals surface area contributed by atoms with Crippen molar-refractivity contribution in [3.05, 3.63) is 112 Å². The maximum absolute atomic E-state index is 13.8. The molecule has 4 rings (SSSR count). The van der Waals surface area contributed by atoms with E-state index >= 15 is 0 Å². The molecule has 4 aromatic rings. The maximum atomic E-state index is 13.8. The van der Waals surface area contributed by atoms with Gasteiger partial charge in [-0.2, -0.15) is 0 Å². The molecule has 3 amide bonds. The molecule has 0 fully saturated rings. The van der Waals surface area contributed by atoms with Crippen molar-refractivity contribution in [1.29, 1.82) is 0 Å². The van der Waals surface area contributed by atoms with Gasteiger partial charge in [-0.15, -0.1) is 0 Å². The van der Waals surface area contributed by atoms with E-state index in [4.69, 9.17) is 4.74 Å². The highest BCUT2D eigenvalue weighted by Gasteiger charge is 2.20. The van der Waals surface area contributed by atoms with E-state index in [1.54, 1.807) is 12.1 Å². The monoisotopic (exact) mass is 550 g/mol. The van der Waals surface area contributed by atoms with Crippen LogP contribution >= 0.6 is 15.9 Å². The summed E-state index contributed by atoms with van der Waals surface area (Å²) in [5.74, 6) is -2.02. The summed E-state index contributed by atoms with van der Waals surface area (Å²) in [5.41, 5.74) is 2.93. The molecule has 182 valence electrons. The molecule has 0 unspecified atom stereocenters. The molecule has 4 aromatic carbocycles. The number of carbonyl (C=O) groups is 2. The summed E-state index contributed by atoms with van der Waals surface area (Å²) < 4.78 is 34.9. The van der Waals surface area contributed by atoms with Gasteiger partial charge in [0.15, 0.2) is 0 Å². The molecule has 0 atom stereocenters. The van der Waals surface area contributed by atoms with E-state index in [-0.39, 0.29) is 0 Å². The summed E-state index contributed by atoms with van der Waals surface area (Å²) in [6.07, 6.45) is 0. The van der Waals surface area contributed by atoms with Crippen LogP contribution in [0.5, 0.6) is 11.5 Å². The molecule has 0 aromatic heterocycles. The first kappa shape index (κ1) is 25.1. The van der Waals surface area contributed by atoms with Crippen molar-refractivity contribution in [2.45, 2.75) is 13.8 Å². The van der Waals surface area contributed by atoms with Gasteiger partial charge in [-0.25, -0.2) is 13.6 Å². The van der Waals surface area contributed by atoms with Gasteiger partial charge in [0, 0.05) is 15.7 Å². The minimum atomic E-state index is -1.18.